The summed E-state index contributed by atoms with van der Waals surface area (Å²) in [5.41, 5.74) is 6.16. The quantitative estimate of drug-likeness (QED) is 0.436. The van der Waals surface area contributed by atoms with Gasteiger partial charge in [-0.3, -0.25) is 0 Å². The zero-order valence-corrected chi connectivity index (χ0v) is 15.5. The van der Waals surface area contributed by atoms with Crippen LogP contribution >= 0.6 is 11.8 Å². The molecule has 3 N–H and O–H groups in total. The highest BCUT2D eigenvalue weighted by molar-refractivity contribution is 7.99. The molecule has 3 rings (SSSR count). The molecule has 0 saturated heterocycles. The lowest BCUT2D eigenvalue weighted by Crippen LogP contribution is -2.12. The second-order valence-corrected chi connectivity index (χ2v) is 6.55. The van der Waals surface area contributed by atoms with E-state index in [4.69, 9.17) is 10.5 Å². The molecule has 0 aliphatic rings. The molecule has 2 aromatic carbocycles. The average molecular weight is 421 g/mol. The van der Waals surface area contributed by atoms with Crippen LogP contribution in [0, 0.1) is 5.82 Å². The molecule has 29 heavy (non-hydrogen) atoms. The van der Waals surface area contributed by atoms with E-state index in [1.807, 2.05) is 0 Å². The third kappa shape index (κ3) is 5.82. The van der Waals surface area contributed by atoms with Crippen LogP contribution in [0.25, 0.3) is 0 Å². The van der Waals surface area contributed by atoms with Crippen LogP contribution in [0.3, 0.4) is 0 Å². The lowest BCUT2D eigenvalue weighted by atomic mass is 10.2. The van der Waals surface area contributed by atoms with Crippen LogP contribution < -0.4 is 11.1 Å². The van der Waals surface area contributed by atoms with Crippen molar-refractivity contribution in [2.24, 2.45) is 0 Å². The first-order chi connectivity index (χ1) is 13.9. The molecule has 0 atom stereocenters. The second-order valence-electron chi connectivity index (χ2n) is 5.52. The Bertz CT molecular complexity index is 1010. The van der Waals surface area contributed by atoms with Gasteiger partial charge < -0.3 is 15.8 Å². The number of benzene rings is 2. The lowest BCUT2D eigenvalue weighted by molar-refractivity contribution is 0.0458. The van der Waals surface area contributed by atoms with Gasteiger partial charge in [0.05, 0.1) is 5.56 Å². The number of carbonyl (C=O) groups excluding carboxylic acids is 1. The largest absolute Gasteiger partial charge is 0.454 e. The minimum Gasteiger partial charge on any atom is -0.454 e. The summed E-state index contributed by atoms with van der Waals surface area (Å²) in [6.45, 7) is -0.350. The Kier molecular flexibility index (Phi) is 6.50. The number of hydrogen-bond acceptors (Lipinski definition) is 8. The van der Waals surface area contributed by atoms with E-state index < -0.39 is 17.5 Å². The number of thioether (sulfide) groups is 1. The summed E-state index contributed by atoms with van der Waals surface area (Å²) < 4.78 is 43.4. The van der Waals surface area contributed by atoms with Crippen LogP contribution in [0.1, 0.15) is 16.2 Å². The molecule has 0 aliphatic carbocycles. The van der Waals surface area contributed by atoms with Crippen LogP contribution in [0.5, 0.6) is 0 Å². The van der Waals surface area contributed by atoms with E-state index in [1.54, 1.807) is 6.07 Å². The molecular formula is C18H14F3N5O2S. The summed E-state index contributed by atoms with van der Waals surface area (Å²) in [5, 5.41) is 2.83. The molecule has 0 aliphatic heterocycles. The number of halogens is 3. The number of nitrogens with two attached hydrogens (primary N) is 1. The molecule has 0 bridgehead atoms. The SMILES string of the molecule is Nc1nc(COC(=O)c2ccccc2SC(F)F)nc(Nc2ccc(F)cc2)n1. The number of anilines is 3. The first kappa shape index (κ1) is 20.4. The molecule has 7 nitrogen and oxygen atoms in total. The van der Waals surface area contributed by atoms with Gasteiger partial charge in [0.15, 0.2) is 12.4 Å². The fourth-order valence-corrected chi connectivity index (χ4v) is 2.89. The van der Waals surface area contributed by atoms with Crippen molar-refractivity contribution in [2.45, 2.75) is 17.3 Å². The van der Waals surface area contributed by atoms with E-state index in [-0.39, 0.29) is 46.5 Å². The monoisotopic (exact) mass is 421 g/mol. The maximum Gasteiger partial charge on any atom is 0.339 e. The summed E-state index contributed by atoms with van der Waals surface area (Å²) in [6.07, 6.45) is 0. The Labute approximate surface area is 167 Å². The lowest BCUT2D eigenvalue weighted by Gasteiger charge is -2.10. The zero-order valence-electron chi connectivity index (χ0n) is 14.7. The summed E-state index contributed by atoms with van der Waals surface area (Å²) in [7, 11) is 0. The van der Waals surface area contributed by atoms with Gasteiger partial charge in [0.2, 0.25) is 11.9 Å². The van der Waals surface area contributed by atoms with Crippen molar-refractivity contribution in [2.75, 3.05) is 11.1 Å². The maximum atomic E-state index is 13.0. The third-order valence-corrected chi connectivity index (χ3v) is 4.24. The Morgan fingerprint density at radius 3 is 2.55 bits per heavy atom. The molecule has 150 valence electrons. The summed E-state index contributed by atoms with van der Waals surface area (Å²) in [4.78, 5) is 24.2. The van der Waals surface area contributed by atoms with Gasteiger partial charge in [0.1, 0.15) is 5.82 Å². The Morgan fingerprint density at radius 2 is 1.83 bits per heavy atom. The molecule has 0 saturated carbocycles. The smallest absolute Gasteiger partial charge is 0.339 e. The predicted molar refractivity (Wildman–Crippen MR) is 101 cm³/mol. The van der Waals surface area contributed by atoms with Crippen molar-refractivity contribution >= 4 is 35.3 Å². The topological polar surface area (TPSA) is 103 Å². The Morgan fingerprint density at radius 1 is 1.10 bits per heavy atom. The molecule has 11 heteroatoms. The van der Waals surface area contributed by atoms with Gasteiger partial charge in [0.25, 0.3) is 5.76 Å². The van der Waals surface area contributed by atoms with Gasteiger partial charge in [-0.1, -0.05) is 23.9 Å². The van der Waals surface area contributed by atoms with E-state index in [0.717, 1.165) is 0 Å². The van der Waals surface area contributed by atoms with Crippen LogP contribution in [0.2, 0.25) is 0 Å². The number of rotatable bonds is 7. The normalized spacial score (nSPS) is 10.8. The van der Waals surface area contributed by atoms with Crippen LogP contribution in [-0.4, -0.2) is 26.7 Å². The number of aromatic nitrogens is 3. The number of carbonyl (C=O) groups is 1. The standard InChI is InChI=1S/C18H14F3N5O2S/c19-10-5-7-11(8-6-10)23-18-25-14(24-17(22)26-18)9-28-15(27)12-3-1-2-4-13(12)29-16(20)21/h1-8,16H,9H2,(H3,22,23,24,25,26). The van der Waals surface area contributed by atoms with E-state index in [2.05, 4.69) is 20.3 Å². The number of nitrogens with one attached hydrogen (secondary N) is 1. The predicted octanol–water partition coefficient (Wildman–Crippen LogP) is 4.01. The fraction of sp³-hybridized carbons (Fsp3) is 0.111. The number of ether oxygens (including phenoxy) is 1. The molecule has 0 spiro atoms. The highest BCUT2D eigenvalue weighted by atomic mass is 32.2. The molecule has 1 aromatic heterocycles. The number of nitrogens with zero attached hydrogens (tertiary/aromatic N) is 3. The van der Waals surface area contributed by atoms with Crippen molar-refractivity contribution in [1.29, 1.82) is 0 Å². The minimum atomic E-state index is -2.67. The summed E-state index contributed by atoms with van der Waals surface area (Å²) in [6, 6.07) is 11.3. The Balaban J connectivity index is 1.70. The highest BCUT2D eigenvalue weighted by Gasteiger charge is 2.17. The molecule has 0 radical (unpaired) electrons. The van der Waals surface area contributed by atoms with E-state index >= 15 is 0 Å². The summed E-state index contributed by atoms with van der Waals surface area (Å²) in [5.74, 6) is -3.88. The molecule has 0 fully saturated rings. The number of esters is 1. The first-order valence-electron chi connectivity index (χ1n) is 8.14. The molecule has 1 heterocycles. The number of nitrogen functional groups attached to an aromatic ring is 1. The average Bonchev–Trinajstić information content (AvgIpc) is 2.67. The van der Waals surface area contributed by atoms with Crippen LogP contribution in [0.15, 0.2) is 53.4 Å². The second kappa shape index (κ2) is 9.24. The van der Waals surface area contributed by atoms with E-state index in [9.17, 15) is 18.0 Å². The van der Waals surface area contributed by atoms with Crippen molar-refractivity contribution in [1.82, 2.24) is 15.0 Å². The number of hydrogen-bond donors (Lipinski definition) is 2. The number of alkyl halides is 2. The summed E-state index contributed by atoms with van der Waals surface area (Å²) >= 11 is 0.250. The van der Waals surface area contributed by atoms with Crippen LogP contribution in [-0.2, 0) is 11.3 Å². The fourth-order valence-electron chi connectivity index (χ4n) is 2.26. The van der Waals surface area contributed by atoms with Gasteiger partial charge in [0, 0.05) is 10.6 Å². The van der Waals surface area contributed by atoms with E-state index in [0.29, 0.717) is 5.69 Å². The van der Waals surface area contributed by atoms with E-state index in [1.165, 1.54) is 42.5 Å². The van der Waals surface area contributed by atoms with Gasteiger partial charge in [-0.2, -0.15) is 23.7 Å². The van der Waals surface area contributed by atoms with Gasteiger partial charge in [-0.15, -0.1) is 0 Å². The molecular weight excluding hydrogens is 407 g/mol. The highest BCUT2D eigenvalue weighted by Crippen LogP contribution is 2.28. The van der Waals surface area contributed by atoms with Crippen molar-refractivity contribution in [3.05, 3.63) is 65.7 Å². The van der Waals surface area contributed by atoms with Gasteiger partial charge in [-0.05, 0) is 36.4 Å². The molecule has 3 aromatic rings. The maximum absolute atomic E-state index is 13.0. The van der Waals surface area contributed by atoms with Gasteiger partial charge >= 0.3 is 5.97 Å². The molecule has 0 amide bonds. The Hall–Kier alpha value is -3.34. The molecule has 0 unspecified atom stereocenters. The minimum absolute atomic E-state index is 0.00416. The third-order valence-electron chi connectivity index (χ3n) is 3.45. The van der Waals surface area contributed by atoms with Crippen molar-refractivity contribution in [3.63, 3.8) is 0 Å². The van der Waals surface area contributed by atoms with Crippen LogP contribution in [0.4, 0.5) is 30.8 Å². The van der Waals surface area contributed by atoms with Gasteiger partial charge in [-0.25, -0.2) is 9.18 Å². The van der Waals surface area contributed by atoms with Crippen molar-refractivity contribution in [3.8, 4) is 0 Å². The first-order valence-corrected chi connectivity index (χ1v) is 9.02. The van der Waals surface area contributed by atoms with Crippen molar-refractivity contribution < 1.29 is 22.7 Å². The zero-order chi connectivity index (χ0) is 20.8.